The fourth-order valence-corrected chi connectivity index (χ4v) is 3.15. The number of halogens is 4. The second-order valence-electron chi connectivity index (χ2n) is 4.22. The lowest BCUT2D eigenvalue weighted by molar-refractivity contribution is 0.497. The Morgan fingerprint density at radius 3 is 2.48 bits per heavy atom. The van der Waals surface area contributed by atoms with Gasteiger partial charge < -0.3 is 0 Å². The van der Waals surface area contributed by atoms with Crippen LogP contribution in [0.5, 0.6) is 0 Å². The van der Waals surface area contributed by atoms with Crippen LogP contribution >= 0.6 is 27.7 Å². The first-order chi connectivity index (χ1) is 10.0. The van der Waals surface area contributed by atoms with Crippen LogP contribution in [0, 0.1) is 17.5 Å². The minimum absolute atomic E-state index is 0.148. The van der Waals surface area contributed by atoms with E-state index in [1.807, 2.05) is 0 Å². The molecule has 1 unspecified atom stereocenters. The van der Waals surface area contributed by atoms with Gasteiger partial charge in [0.15, 0.2) is 0 Å². The van der Waals surface area contributed by atoms with Crippen molar-refractivity contribution in [1.82, 2.24) is 5.43 Å². The Kier molecular flexibility index (Phi) is 5.69. The minimum atomic E-state index is -0.785. The van der Waals surface area contributed by atoms with E-state index in [0.29, 0.717) is 4.90 Å². The van der Waals surface area contributed by atoms with Crippen molar-refractivity contribution in [2.45, 2.75) is 10.9 Å². The molecule has 1 atom stereocenters. The third kappa shape index (κ3) is 3.79. The Balaban J connectivity index is 2.22. The van der Waals surface area contributed by atoms with E-state index in [1.54, 1.807) is 18.2 Å². The Morgan fingerprint density at radius 2 is 1.81 bits per heavy atom. The lowest BCUT2D eigenvalue weighted by Crippen LogP contribution is -2.31. The number of hydrogen-bond donors (Lipinski definition) is 2. The maximum atomic E-state index is 14.0. The minimum Gasteiger partial charge on any atom is -0.271 e. The first kappa shape index (κ1) is 16.4. The van der Waals surface area contributed by atoms with E-state index in [-0.39, 0.29) is 21.6 Å². The fourth-order valence-electron chi connectivity index (χ4n) is 1.81. The molecule has 21 heavy (non-hydrogen) atoms. The predicted molar refractivity (Wildman–Crippen MR) is 81.2 cm³/mol. The van der Waals surface area contributed by atoms with Crippen LogP contribution in [0.25, 0.3) is 0 Å². The molecule has 0 saturated carbocycles. The summed E-state index contributed by atoms with van der Waals surface area (Å²) in [5.41, 5.74) is 2.20. The number of hydrazine groups is 1. The van der Waals surface area contributed by atoms with Crippen molar-refractivity contribution in [2.24, 2.45) is 5.84 Å². The van der Waals surface area contributed by atoms with Crippen molar-refractivity contribution < 1.29 is 13.2 Å². The summed E-state index contributed by atoms with van der Waals surface area (Å²) in [7, 11) is 0. The van der Waals surface area contributed by atoms with Crippen molar-refractivity contribution >= 4 is 27.7 Å². The molecule has 0 aromatic heterocycles. The van der Waals surface area contributed by atoms with Gasteiger partial charge in [0.05, 0.1) is 10.5 Å². The summed E-state index contributed by atoms with van der Waals surface area (Å²) in [6.45, 7) is 0. The van der Waals surface area contributed by atoms with Gasteiger partial charge in [-0.05, 0) is 40.2 Å². The summed E-state index contributed by atoms with van der Waals surface area (Å²) >= 11 is 4.14. The van der Waals surface area contributed by atoms with Crippen molar-refractivity contribution in [2.75, 3.05) is 5.75 Å². The molecule has 2 nitrogen and oxygen atoms in total. The molecule has 0 bridgehead atoms. The summed E-state index contributed by atoms with van der Waals surface area (Å²) < 4.78 is 41.6. The van der Waals surface area contributed by atoms with Gasteiger partial charge in [0.1, 0.15) is 17.5 Å². The van der Waals surface area contributed by atoms with Crippen LogP contribution in [0.4, 0.5) is 13.2 Å². The highest BCUT2D eigenvalue weighted by Gasteiger charge is 2.21. The summed E-state index contributed by atoms with van der Waals surface area (Å²) in [6, 6.07) is 7.84. The number of thioether (sulfide) groups is 1. The Hall–Kier alpha value is -1.02. The number of nitrogens with one attached hydrogen (secondary N) is 1. The van der Waals surface area contributed by atoms with E-state index in [0.717, 1.165) is 17.8 Å². The predicted octanol–water partition coefficient (Wildman–Crippen LogP) is 4.16. The molecule has 0 heterocycles. The molecule has 7 heteroatoms. The van der Waals surface area contributed by atoms with Crippen LogP contribution in [0.2, 0.25) is 0 Å². The van der Waals surface area contributed by atoms with Crippen LogP contribution < -0.4 is 11.3 Å². The average Bonchev–Trinajstić information content (AvgIpc) is 2.48. The quantitative estimate of drug-likeness (QED) is 0.356. The van der Waals surface area contributed by atoms with E-state index in [4.69, 9.17) is 5.84 Å². The largest absolute Gasteiger partial charge is 0.271 e. The topological polar surface area (TPSA) is 38.0 Å². The molecule has 0 fully saturated rings. The first-order valence-corrected chi connectivity index (χ1v) is 7.79. The zero-order chi connectivity index (χ0) is 15.4. The second kappa shape index (κ2) is 7.31. The zero-order valence-electron chi connectivity index (χ0n) is 10.7. The van der Waals surface area contributed by atoms with Gasteiger partial charge in [-0.1, -0.05) is 12.1 Å². The molecule has 112 valence electrons. The van der Waals surface area contributed by atoms with Gasteiger partial charge in [-0.25, -0.2) is 13.2 Å². The van der Waals surface area contributed by atoms with Gasteiger partial charge in [-0.3, -0.25) is 11.3 Å². The highest BCUT2D eigenvalue weighted by molar-refractivity contribution is 9.10. The van der Waals surface area contributed by atoms with Gasteiger partial charge >= 0.3 is 0 Å². The molecule has 0 radical (unpaired) electrons. The maximum absolute atomic E-state index is 14.0. The van der Waals surface area contributed by atoms with Crippen LogP contribution in [-0.4, -0.2) is 5.75 Å². The van der Waals surface area contributed by atoms with Gasteiger partial charge in [0.25, 0.3) is 0 Å². The molecule has 3 N–H and O–H groups in total. The Morgan fingerprint density at radius 1 is 1.10 bits per heavy atom. The van der Waals surface area contributed by atoms with E-state index < -0.39 is 17.7 Å². The van der Waals surface area contributed by atoms with Crippen molar-refractivity contribution in [1.29, 1.82) is 0 Å². The van der Waals surface area contributed by atoms with Crippen molar-refractivity contribution in [3.8, 4) is 0 Å². The van der Waals surface area contributed by atoms with Crippen LogP contribution in [-0.2, 0) is 0 Å². The standard InChI is InChI=1S/C14H12BrF3N2S/c15-8-5-6-10(17)13(14(8)18)11(20-19)7-21-12-4-2-1-3-9(12)16/h1-6,11,20H,7,19H2. The maximum Gasteiger partial charge on any atom is 0.145 e. The smallest absolute Gasteiger partial charge is 0.145 e. The van der Waals surface area contributed by atoms with Crippen molar-refractivity contribution in [3.05, 3.63) is 63.9 Å². The Bertz CT molecular complexity index is 640. The third-order valence-electron chi connectivity index (χ3n) is 2.87. The lowest BCUT2D eigenvalue weighted by atomic mass is 10.1. The second-order valence-corrected chi connectivity index (χ2v) is 6.13. The number of rotatable bonds is 5. The van der Waals surface area contributed by atoms with Gasteiger partial charge in [-0.2, -0.15) is 0 Å². The van der Waals surface area contributed by atoms with E-state index >= 15 is 0 Å². The molecule has 0 aliphatic rings. The summed E-state index contributed by atoms with van der Waals surface area (Å²) in [6.07, 6.45) is 0. The first-order valence-electron chi connectivity index (χ1n) is 6.01. The molecule has 2 aromatic carbocycles. The molecular weight excluding hydrogens is 365 g/mol. The SMILES string of the molecule is NNC(CSc1ccccc1F)c1c(F)ccc(Br)c1F. The molecular formula is C14H12BrF3N2S. The summed E-state index contributed by atoms with van der Waals surface area (Å²) in [4.78, 5) is 0.397. The van der Waals surface area contributed by atoms with Crippen LogP contribution in [0.1, 0.15) is 11.6 Å². The molecule has 0 saturated heterocycles. The zero-order valence-corrected chi connectivity index (χ0v) is 13.1. The van der Waals surface area contributed by atoms with E-state index in [1.165, 1.54) is 12.1 Å². The van der Waals surface area contributed by atoms with E-state index in [2.05, 4.69) is 21.4 Å². The van der Waals surface area contributed by atoms with Gasteiger partial charge in [0.2, 0.25) is 0 Å². The summed E-state index contributed by atoms with van der Waals surface area (Å²) in [5, 5.41) is 0. The molecule has 0 amide bonds. The highest BCUT2D eigenvalue weighted by atomic mass is 79.9. The lowest BCUT2D eigenvalue weighted by Gasteiger charge is -2.18. The molecule has 2 rings (SSSR count). The van der Waals surface area contributed by atoms with Gasteiger partial charge in [-0.15, -0.1) is 11.8 Å². The van der Waals surface area contributed by atoms with Crippen LogP contribution in [0.3, 0.4) is 0 Å². The molecule has 0 spiro atoms. The third-order valence-corrected chi connectivity index (χ3v) is 4.63. The van der Waals surface area contributed by atoms with Crippen molar-refractivity contribution in [3.63, 3.8) is 0 Å². The molecule has 2 aromatic rings. The fraction of sp³-hybridized carbons (Fsp3) is 0.143. The highest BCUT2D eigenvalue weighted by Crippen LogP contribution is 2.31. The number of hydrogen-bond acceptors (Lipinski definition) is 3. The van der Waals surface area contributed by atoms with Crippen LogP contribution in [0.15, 0.2) is 45.8 Å². The summed E-state index contributed by atoms with van der Waals surface area (Å²) in [5.74, 6) is 3.77. The monoisotopic (exact) mass is 376 g/mol. The van der Waals surface area contributed by atoms with Gasteiger partial charge in [0, 0.05) is 16.2 Å². The Labute approximate surface area is 133 Å². The normalized spacial score (nSPS) is 12.4. The number of benzene rings is 2. The average molecular weight is 377 g/mol. The molecule has 0 aliphatic carbocycles. The van der Waals surface area contributed by atoms with E-state index in [9.17, 15) is 13.2 Å². The molecule has 0 aliphatic heterocycles. The number of nitrogens with two attached hydrogens (primary N) is 1.